The molecule has 2 aromatic rings. The Bertz CT molecular complexity index is 563. The van der Waals surface area contributed by atoms with E-state index >= 15 is 0 Å². The van der Waals surface area contributed by atoms with Gasteiger partial charge in [0.15, 0.2) is 0 Å². The highest BCUT2D eigenvalue weighted by Gasteiger charge is 2.13. The minimum absolute atomic E-state index is 0.327. The number of alkyl halides is 1. The monoisotopic (exact) mass is 236 g/mol. The Morgan fingerprint density at radius 2 is 2.38 bits per heavy atom. The highest BCUT2D eigenvalue weighted by atomic mass is 35.5. The summed E-state index contributed by atoms with van der Waals surface area (Å²) in [7, 11) is 0. The number of hydrogen-bond donors (Lipinski definition) is 1. The fourth-order valence-electron chi connectivity index (χ4n) is 1.67. The Labute approximate surface area is 96.5 Å². The first-order valence-corrected chi connectivity index (χ1v) is 5.52. The molecule has 2 aromatic heterocycles. The van der Waals surface area contributed by atoms with Crippen LogP contribution in [-0.4, -0.2) is 29.1 Å². The van der Waals surface area contributed by atoms with E-state index in [0.717, 1.165) is 35.7 Å². The molecule has 1 aliphatic heterocycles. The van der Waals surface area contributed by atoms with Crippen molar-refractivity contribution in [3.63, 3.8) is 0 Å². The molecule has 82 valence electrons. The zero-order chi connectivity index (χ0) is 11.0. The molecular formula is C10H9ClN4O. The van der Waals surface area contributed by atoms with E-state index in [1.807, 2.05) is 12.1 Å². The number of hydrogen-bond acceptors (Lipinski definition) is 5. The second kappa shape index (κ2) is 3.75. The number of fused-ring (bicyclic) bond motifs is 1. The molecule has 6 heteroatoms. The molecule has 0 aromatic carbocycles. The van der Waals surface area contributed by atoms with Gasteiger partial charge in [-0.1, -0.05) is 5.16 Å². The molecule has 3 rings (SSSR count). The van der Waals surface area contributed by atoms with Gasteiger partial charge in [-0.05, 0) is 12.1 Å². The van der Waals surface area contributed by atoms with E-state index in [2.05, 4.69) is 20.4 Å². The molecule has 1 aliphatic rings. The van der Waals surface area contributed by atoms with Crippen molar-refractivity contribution in [3.8, 4) is 0 Å². The molecule has 0 spiro atoms. The molecule has 1 N–H and O–H groups in total. The van der Waals surface area contributed by atoms with Crippen LogP contribution in [0.25, 0.3) is 11.1 Å². The number of amidine groups is 1. The molecule has 5 nitrogen and oxygen atoms in total. The summed E-state index contributed by atoms with van der Waals surface area (Å²) in [5.74, 6) is 1.14. The molecule has 0 atom stereocenters. The van der Waals surface area contributed by atoms with E-state index in [4.69, 9.17) is 16.1 Å². The number of halogens is 1. The first kappa shape index (κ1) is 9.59. The van der Waals surface area contributed by atoms with Gasteiger partial charge >= 0.3 is 0 Å². The lowest BCUT2D eigenvalue weighted by Crippen LogP contribution is -2.20. The van der Waals surface area contributed by atoms with Crippen LogP contribution >= 0.6 is 11.6 Å². The average Bonchev–Trinajstić information content (AvgIpc) is 2.97. The Kier molecular flexibility index (Phi) is 2.25. The molecule has 0 radical (unpaired) electrons. The SMILES string of the molecule is ClCc1noc2nc(C3=NCCN3)ccc12. The van der Waals surface area contributed by atoms with E-state index in [9.17, 15) is 0 Å². The highest BCUT2D eigenvalue weighted by molar-refractivity contribution is 6.17. The van der Waals surface area contributed by atoms with Gasteiger partial charge in [0.05, 0.1) is 17.8 Å². The van der Waals surface area contributed by atoms with Gasteiger partial charge in [0.2, 0.25) is 0 Å². The predicted octanol–water partition coefficient (Wildman–Crippen LogP) is 1.31. The molecule has 16 heavy (non-hydrogen) atoms. The number of aliphatic imine (C=N–C) groups is 1. The van der Waals surface area contributed by atoms with Crippen LogP contribution in [0.2, 0.25) is 0 Å². The van der Waals surface area contributed by atoms with Gasteiger partial charge in [-0.3, -0.25) is 4.99 Å². The summed E-state index contributed by atoms with van der Waals surface area (Å²) in [6.45, 7) is 1.65. The van der Waals surface area contributed by atoms with Crippen LogP contribution < -0.4 is 5.32 Å². The molecule has 3 heterocycles. The summed E-state index contributed by atoms with van der Waals surface area (Å²) < 4.78 is 5.11. The molecular weight excluding hydrogens is 228 g/mol. The van der Waals surface area contributed by atoms with Crippen molar-refractivity contribution < 1.29 is 4.52 Å². The van der Waals surface area contributed by atoms with Crippen molar-refractivity contribution in [2.24, 2.45) is 4.99 Å². The van der Waals surface area contributed by atoms with Crippen molar-refractivity contribution in [1.82, 2.24) is 15.5 Å². The number of rotatable bonds is 2. The second-order valence-corrected chi connectivity index (χ2v) is 3.74. The van der Waals surface area contributed by atoms with E-state index in [1.54, 1.807) is 0 Å². The van der Waals surface area contributed by atoms with E-state index in [0.29, 0.717) is 11.6 Å². The third-order valence-corrected chi connectivity index (χ3v) is 2.71. The van der Waals surface area contributed by atoms with Gasteiger partial charge in [0, 0.05) is 6.54 Å². The fraction of sp³-hybridized carbons (Fsp3) is 0.300. The first-order chi connectivity index (χ1) is 7.88. The summed E-state index contributed by atoms with van der Waals surface area (Å²) in [6.07, 6.45) is 0. The lowest BCUT2D eigenvalue weighted by Gasteiger charge is -1.99. The van der Waals surface area contributed by atoms with Crippen LogP contribution in [0, 0.1) is 0 Å². The van der Waals surface area contributed by atoms with E-state index in [-0.39, 0.29) is 0 Å². The molecule has 0 unspecified atom stereocenters. The number of nitrogens with one attached hydrogen (secondary N) is 1. The van der Waals surface area contributed by atoms with Gasteiger partial charge < -0.3 is 9.84 Å². The standard InChI is InChI=1S/C10H9ClN4O/c11-5-8-6-1-2-7(9-12-3-4-13-9)14-10(6)16-15-8/h1-2H,3-5H2,(H,12,13). The Balaban J connectivity index is 2.09. The molecule has 0 aliphatic carbocycles. The minimum Gasteiger partial charge on any atom is -0.367 e. The lowest BCUT2D eigenvalue weighted by molar-refractivity contribution is 0.442. The average molecular weight is 237 g/mol. The summed E-state index contributed by atoms with van der Waals surface area (Å²) in [6, 6.07) is 3.81. The lowest BCUT2D eigenvalue weighted by atomic mass is 10.2. The maximum atomic E-state index is 5.73. The summed E-state index contributed by atoms with van der Waals surface area (Å²) in [4.78, 5) is 8.64. The third-order valence-electron chi connectivity index (χ3n) is 2.46. The van der Waals surface area contributed by atoms with E-state index < -0.39 is 0 Å². The van der Waals surface area contributed by atoms with Crippen LogP contribution in [0.5, 0.6) is 0 Å². The van der Waals surface area contributed by atoms with Crippen molar-refractivity contribution in [2.45, 2.75) is 5.88 Å². The van der Waals surface area contributed by atoms with Crippen LogP contribution in [-0.2, 0) is 5.88 Å². The third kappa shape index (κ3) is 1.44. The van der Waals surface area contributed by atoms with Gasteiger partial charge in [-0.2, -0.15) is 0 Å². The predicted molar refractivity (Wildman–Crippen MR) is 60.8 cm³/mol. The normalized spacial score (nSPS) is 15.2. The maximum absolute atomic E-state index is 5.73. The maximum Gasteiger partial charge on any atom is 0.258 e. The Morgan fingerprint density at radius 3 is 3.12 bits per heavy atom. The van der Waals surface area contributed by atoms with Gasteiger partial charge in [0.1, 0.15) is 17.2 Å². The van der Waals surface area contributed by atoms with Crippen molar-refractivity contribution in [3.05, 3.63) is 23.5 Å². The summed E-state index contributed by atoms with van der Waals surface area (Å²) >= 11 is 5.73. The Hall–Kier alpha value is -1.62. The molecule has 0 bridgehead atoms. The molecule has 0 saturated heterocycles. The zero-order valence-corrected chi connectivity index (χ0v) is 9.16. The quantitative estimate of drug-likeness (QED) is 0.799. The van der Waals surface area contributed by atoms with Gasteiger partial charge in [0.25, 0.3) is 5.71 Å². The highest BCUT2D eigenvalue weighted by Crippen LogP contribution is 2.18. The minimum atomic E-state index is 0.327. The van der Waals surface area contributed by atoms with Crippen LogP contribution in [0.3, 0.4) is 0 Å². The summed E-state index contributed by atoms with van der Waals surface area (Å²) in [5, 5.41) is 7.87. The first-order valence-electron chi connectivity index (χ1n) is 4.98. The van der Waals surface area contributed by atoms with Gasteiger partial charge in [-0.25, -0.2) is 4.98 Å². The van der Waals surface area contributed by atoms with Crippen LogP contribution in [0.15, 0.2) is 21.6 Å². The van der Waals surface area contributed by atoms with E-state index in [1.165, 1.54) is 0 Å². The van der Waals surface area contributed by atoms with Crippen molar-refractivity contribution in [1.29, 1.82) is 0 Å². The fourth-order valence-corrected chi connectivity index (χ4v) is 1.87. The number of pyridine rings is 1. The Morgan fingerprint density at radius 1 is 1.44 bits per heavy atom. The van der Waals surface area contributed by atoms with Gasteiger partial charge in [-0.15, -0.1) is 11.6 Å². The smallest absolute Gasteiger partial charge is 0.258 e. The largest absolute Gasteiger partial charge is 0.367 e. The summed E-state index contributed by atoms with van der Waals surface area (Å²) in [5.41, 5.74) is 2.00. The van der Waals surface area contributed by atoms with Crippen LogP contribution in [0.1, 0.15) is 11.4 Å². The molecule has 0 amide bonds. The number of nitrogens with zero attached hydrogens (tertiary/aromatic N) is 3. The molecule has 0 fully saturated rings. The van der Waals surface area contributed by atoms with Crippen molar-refractivity contribution >= 4 is 28.5 Å². The zero-order valence-electron chi connectivity index (χ0n) is 8.40. The number of aromatic nitrogens is 2. The molecule has 0 saturated carbocycles. The van der Waals surface area contributed by atoms with Crippen molar-refractivity contribution in [2.75, 3.05) is 13.1 Å². The second-order valence-electron chi connectivity index (χ2n) is 3.47. The topological polar surface area (TPSA) is 63.3 Å². The van der Waals surface area contributed by atoms with Crippen LogP contribution in [0.4, 0.5) is 0 Å².